The van der Waals surface area contributed by atoms with Gasteiger partial charge in [-0.3, -0.25) is 4.79 Å². The summed E-state index contributed by atoms with van der Waals surface area (Å²) in [7, 11) is 2.45. The molecule has 0 saturated heterocycles. The topological polar surface area (TPSA) is 81.7 Å². The summed E-state index contributed by atoms with van der Waals surface area (Å²) in [6, 6.07) is 4.10. The molecule has 0 aromatic heterocycles. The van der Waals surface area contributed by atoms with Crippen LogP contribution in [0.25, 0.3) is 0 Å². The van der Waals surface area contributed by atoms with Crippen molar-refractivity contribution >= 4 is 35.1 Å². The second-order valence-corrected chi connectivity index (χ2v) is 4.50. The standard InChI is InChI=1S/C13H14ClNO5/c1-7(14)11(16)15-10-6-8(12(17)19-2)4-5-9(10)13(18)20-3/h4-7H,1-3H3,(H,15,16)/t7-/m1/s1. The summed E-state index contributed by atoms with van der Waals surface area (Å²) in [5.41, 5.74) is 0.445. The Morgan fingerprint density at radius 3 is 2.25 bits per heavy atom. The number of esters is 2. The van der Waals surface area contributed by atoms with Gasteiger partial charge in [-0.05, 0) is 25.1 Å². The van der Waals surface area contributed by atoms with Crippen LogP contribution in [0.2, 0.25) is 0 Å². The fraction of sp³-hybridized carbons (Fsp3) is 0.308. The molecule has 0 saturated carbocycles. The third kappa shape index (κ3) is 3.71. The van der Waals surface area contributed by atoms with Crippen LogP contribution in [0.3, 0.4) is 0 Å². The molecule has 1 aromatic carbocycles. The minimum absolute atomic E-state index is 0.116. The highest BCUT2D eigenvalue weighted by atomic mass is 35.5. The number of hydrogen-bond donors (Lipinski definition) is 1. The molecule has 0 bridgehead atoms. The SMILES string of the molecule is COC(=O)c1ccc(C(=O)OC)c(NC(=O)[C@@H](C)Cl)c1. The summed E-state index contributed by atoms with van der Waals surface area (Å²) in [4.78, 5) is 34.7. The van der Waals surface area contributed by atoms with Crippen molar-refractivity contribution in [1.29, 1.82) is 0 Å². The third-order valence-electron chi connectivity index (χ3n) is 2.47. The van der Waals surface area contributed by atoms with Crippen LogP contribution in [0, 0.1) is 0 Å². The highest BCUT2D eigenvalue weighted by Gasteiger charge is 2.18. The normalized spacial score (nSPS) is 11.4. The summed E-state index contributed by atoms with van der Waals surface area (Å²) in [5.74, 6) is -1.73. The molecule has 0 unspecified atom stereocenters. The minimum Gasteiger partial charge on any atom is -0.465 e. The lowest BCUT2D eigenvalue weighted by Crippen LogP contribution is -2.22. The van der Waals surface area contributed by atoms with Crippen molar-refractivity contribution in [2.24, 2.45) is 0 Å². The molecule has 1 rings (SSSR count). The van der Waals surface area contributed by atoms with E-state index in [1.165, 1.54) is 39.3 Å². The smallest absolute Gasteiger partial charge is 0.339 e. The van der Waals surface area contributed by atoms with E-state index in [-0.39, 0.29) is 16.8 Å². The van der Waals surface area contributed by atoms with E-state index in [1.807, 2.05) is 0 Å². The number of methoxy groups -OCH3 is 2. The molecule has 0 radical (unpaired) electrons. The zero-order valence-electron chi connectivity index (χ0n) is 11.2. The van der Waals surface area contributed by atoms with Gasteiger partial charge in [0.25, 0.3) is 0 Å². The van der Waals surface area contributed by atoms with E-state index >= 15 is 0 Å². The van der Waals surface area contributed by atoms with Crippen molar-refractivity contribution in [1.82, 2.24) is 0 Å². The second kappa shape index (κ2) is 6.91. The van der Waals surface area contributed by atoms with E-state index in [0.717, 1.165) is 0 Å². The Morgan fingerprint density at radius 1 is 1.15 bits per heavy atom. The number of ether oxygens (including phenoxy) is 2. The number of benzene rings is 1. The second-order valence-electron chi connectivity index (χ2n) is 3.85. The van der Waals surface area contributed by atoms with Gasteiger partial charge in [0, 0.05) is 0 Å². The highest BCUT2D eigenvalue weighted by molar-refractivity contribution is 6.32. The molecular formula is C13H14ClNO5. The molecule has 0 heterocycles. The van der Waals surface area contributed by atoms with E-state index in [0.29, 0.717) is 0 Å². The first-order chi connectivity index (χ1) is 9.40. The van der Waals surface area contributed by atoms with Crippen LogP contribution in [0.5, 0.6) is 0 Å². The Hall–Kier alpha value is -2.08. The van der Waals surface area contributed by atoms with Crippen LogP contribution >= 0.6 is 11.6 Å². The molecule has 1 atom stereocenters. The lowest BCUT2D eigenvalue weighted by molar-refractivity contribution is -0.115. The summed E-state index contributed by atoms with van der Waals surface area (Å²) in [6.07, 6.45) is 0. The molecule has 0 fully saturated rings. The van der Waals surface area contributed by atoms with Gasteiger partial charge in [-0.2, -0.15) is 0 Å². The number of amides is 1. The highest BCUT2D eigenvalue weighted by Crippen LogP contribution is 2.20. The van der Waals surface area contributed by atoms with Gasteiger partial charge in [0.05, 0.1) is 31.0 Å². The van der Waals surface area contributed by atoms with Crippen molar-refractivity contribution < 1.29 is 23.9 Å². The van der Waals surface area contributed by atoms with Crippen molar-refractivity contribution in [3.05, 3.63) is 29.3 Å². The Morgan fingerprint density at radius 2 is 1.75 bits per heavy atom. The number of halogens is 1. The molecule has 0 aliphatic carbocycles. The Bertz CT molecular complexity index is 542. The maximum Gasteiger partial charge on any atom is 0.339 e. The average Bonchev–Trinajstić information content (AvgIpc) is 2.45. The fourth-order valence-corrected chi connectivity index (χ4v) is 1.47. The fourth-order valence-electron chi connectivity index (χ4n) is 1.41. The van der Waals surface area contributed by atoms with Gasteiger partial charge in [0.15, 0.2) is 0 Å². The van der Waals surface area contributed by atoms with Crippen LogP contribution in [0.1, 0.15) is 27.6 Å². The molecule has 6 nitrogen and oxygen atoms in total. The van der Waals surface area contributed by atoms with E-state index in [4.69, 9.17) is 11.6 Å². The molecule has 20 heavy (non-hydrogen) atoms. The van der Waals surface area contributed by atoms with Crippen molar-refractivity contribution in [2.75, 3.05) is 19.5 Å². The average molecular weight is 300 g/mol. The molecule has 1 N–H and O–H groups in total. The summed E-state index contributed by atoms with van der Waals surface area (Å²) in [5, 5.41) is 1.68. The number of nitrogens with one attached hydrogen (secondary N) is 1. The summed E-state index contributed by atoms with van der Waals surface area (Å²) >= 11 is 5.65. The number of rotatable bonds is 4. The zero-order chi connectivity index (χ0) is 15.3. The van der Waals surface area contributed by atoms with Crippen molar-refractivity contribution in [3.63, 3.8) is 0 Å². The van der Waals surface area contributed by atoms with Gasteiger partial charge < -0.3 is 14.8 Å². The maximum absolute atomic E-state index is 11.6. The number of anilines is 1. The van der Waals surface area contributed by atoms with Gasteiger partial charge in [-0.25, -0.2) is 9.59 Å². The monoisotopic (exact) mass is 299 g/mol. The lowest BCUT2D eigenvalue weighted by atomic mass is 10.1. The molecule has 1 aromatic rings. The largest absolute Gasteiger partial charge is 0.465 e. The lowest BCUT2D eigenvalue weighted by Gasteiger charge is -2.12. The van der Waals surface area contributed by atoms with Gasteiger partial charge >= 0.3 is 11.9 Å². The van der Waals surface area contributed by atoms with Crippen LogP contribution in [-0.4, -0.2) is 37.4 Å². The van der Waals surface area contributed by atoms with Gasteiger partial charge in [0.2, 0.25) is 5.91 Å². The Kier molecular flexibility index (Phi) is 5.52. The van der Waals surface area contributed by atoms with Gasteiger partial charge in [-0.1, -0.05) is 0 Å². The van der Waals surface area contributed by atoms with Crippen LogP contribution in [0.4, 0.5) is 5.69 Å². The first-order valence-electron chi connectivity index (χ1n) is 5.66. The predicted molar refractivity (Wildman–Crippen MR) is 73.1 cm³/mol. The molecule has 0 spiro atoms. The van der Waals surface area contributed by atoms with E-state index < -0.39 is 23.2 Å². The molecule has 0 aliphatic heterocycles. The van der Waals surface area contributed by atoms with Gasteiger partial charge in [-0.15, -0.1) is 11.6 Å². The predicted octanol–water partition coefficient (Wildman–Crippen LogP) is 1.83. The molecule has 1 amide bonds. The van der Waals surface area contributed by atoms with Crippen LogP contribution < -0.4 is 5.32 Å². The Labute approximate surface area is 121 Å². The first-order valence-corrected chi connectivity index (χ1v) is 6.10. The maximum atomic E-state index is 11.6. The molecule has 0 aliphatic rings. The van der Waals surface area contributed by atoms with E-state index in [1.54, 1.807) is 0 Å². The number of hydrogen-bond acceptors (Lipinski definition) is 5. The summed E-state index contributed by atoms with van der Waals surface area (Å²) in [6.45, 7) is 1.48. The van der Waals surface area contributed by atoms with Crippen molar-refractivity contribution in [3.8, 4) is 0 Å². The van der Waals surface area contributed by atoms with Crippen LogP contribution in [0.15, 0.2) is 18.2 Å². The Balaban J connectivity index is 3.22. The van der Waals surface area contributed by atoms with E-state index in [9.17, 15) is 14.4 Å². The molecular weight excluding hydrogens is 286 g/mol. The molecule has 7 heteroatoms. The third-order valence-corrected chi connectivity index (χ3v) is 2.66. The minimum atomic E-state index is -0.790. The first kappa shape index (κ1) is 16.0. The van der Waals surface area contributed by atoms with Crippen molar-refractivity contribution in [2.45, 2.75) is 12.3 Å². The number of carbonyl (C=O) groups excluding carboxylic acids is 3. The quantitative estimate of drug-likeness (QED) is 0.677. The van der Waals surface area contributed by atoms with Crippen LogP contribution in [-0.2, 0) is 14.3 Å². The number of alkyl halides is 1. The molecule has 108 valence electrons. The number of carbonyl (C=O) groups is 3. The zero-order valence-corrected chi connectivity index (χ0v) is 12.0. The van der Waals surface area contributed by atoms with Gasteiger partial charge in [0.1, 0.15) is 5.38 Å². The summed E-state index contributed by atoms with van der Waals surface area (Å²) < 4.78 is 9.18. The van der Waals surface area contributed by atoms with E-state index in [2.05, 4.69) is 14.8 Å².